The smallest absolute Gasteiger partial charge is 0.336 e. The fourth-order valence-electron chi connectivity index (χ4n) is 3.80. The minimum Gasteiger partial charge on any atom is -0.423 e. The number of hydrogen-bond acceptors (Lipinski definition) is 5. The van der Waals surface area contributed by atoms with Gasteiger partial charge in [-0.05, 0) is 42.7 Å². The van der Waals surface area contributed by atoms with Gasteiger partial charge in [0.15, 0.2) is 0 Å². The third-order valence-electron chi connectivity index (χ3n) is 5.22. The molecule has 4 rings (SSSR count). The largest absolute Gasteiger partial charge is 0.423 e. The zero-order valence-corrected chi connectivity index (χ0v) is 16.8. The molecule has 3 aromatic rings. The van der Waals surface area contributed by atoms with Crippen LogP contribution in [0.4, 0.5) is 5.69 Å². The molecule has 0 fully saturated rings. The molecule has 7 heteroatoms. The van der Waals surface area contributed by atoms with Gasteiger partial charge in [-0.15, -0.1) is 0 Å². The van der Waals surface area contributed by atoms with E-state index in [9.17, 15) is 19.2 Å². The molecule has 7 nitrogen and oxygen atoms in total. The molecule has 1 aliphatic heterocycles. The van der Waals surface area contributed by atoms with Crippen LogP contribution in [0, 0.1) is 12.8 Å². The molecule has 0 spiro atoms. The minimum atomic E-state index is -0.988. The molecule has 2 heterocycles. The Hall–Kier alpha value is -3.74. The monoisotopic (exact) mass is 404 g/mol. The molecule has 1 N–H and O–H groups in total. The normalized spacial score (nSPS) is 14.3. The van der Waals surface area contributed by atoms with Crippen molar-refractivity contribution >= 4 is 34.4 Å². The summed E-state index contributed by atoms with van der Waals surface area (Å²) < 4.78 is 5.22. The number of carbonyl (C=O) groups is 3. The lowest BCUT2D eigenvalue weighted by molar-refractivity contribution is -0.121. The summed E-state index contributed by atoms with van der Waals surface area (Å²) in [7, 11) is 0. The Morgan fingerprint density at radius 3 is 2.20 bits per heavy atom. The predicted octanol–water partition coefficient (Wildman–Crippen LogP) is 3.36. The summed E-state index contributed by atoms with van der Waals surface area (Å²) in [6.45, 7) is 5.35. The Kier molecular flexibility index (Phi) is 4.73. The molecule has 1 atom stereocenters. The van der Waals surface area contributed by atoms with E-state index in [2.05, 4.69) is 5.32 Å². The Morgan fingerprint density at radius 2 is 1.60 bits per heavy atom. The number of amides is 3. The van der Waals surface area contributed by atoms with Crippen LogP contribution in [0.2, 0.25) is 0 Å². The van der Waals surface area contributed by atoms with E-state index in [1.54, 1.807) is 63.2 Å². The highest BCUT2D eigenvalue weighted by molar-refractivity contribution is 6.23. The van der Waals surface area contributed by atoms with Crippen molar-refractivity contribution in [3.8, 4) is 0 Å². The van der Waals surface area contributed by atoms with Crippen LogP contribution in [0.1, 0.15) is 40.1 Å². The lowest BCUT2D eigenvalue weighted by atomic mass is 10.0. The highest BCUT2D eigenvalue weighted by Crippen LogP contribution is 2.28. The second-order valence-corrected chi connectivity index (χ2v) is 7.66. The predicted molar refractivity (Wildman–Crippen MR) is 111 cm³/mol. The second-order valence-electron chi connectivity index (χ2n) is 7.66. The van der Waals surface area contributed by atoms with Gasteiger partial charge in [-0.2, -0.15) is 0 Å². The van der Waals surface area contributed by atoms with E-state index in [4.69, 9.17) is 4.42 Å². The second kappa shape index (κ2) is 7.26. The number of anilines is 1. The lowest BCUT2D eigenvalue weighted by Gasteiger charge is -2.28. The molecule has 0 saturated carbocycles. The van der Waals surface area contributed by atoms with Gasteiger partial charge < -0.3 is 9.73 Å². The third-order valence-corrected chi connectivity index (χ3v) is 5.22. The van der Waals surface area contributed by atoms with E-state index in [1.807, 2.05) is 0 Å². The molecular weight excluding hydrogens is 384 g/mol. The van der Waals surface area contributed by atoms with Crippen molar-refractivity contribution in [2.24, 2.45) is 5.92 Å². The van der Waals surface area contributed by atoms with Crippen LogP contribution < -0.4 is 10.9 Å². The Morgan fingerprint density at radius 1 is 0.967 bits per heavy atom. The molecule has 30 heavy (non-hydrogen) atoms. The Bertz CT molecular complexity index is 1220. The summed E-state index contributed by atoms with van der Waals surface area (Å²) in [6.07, 6.45) is 0. The topological polar surface area (TPSA) is 96.7 Å². The summed E-state index contributed by atoms with van der Waals surface area (Å²) in [4.78, 5) is 51.5. The number of fused-ring (bicyclic) bond motifs is 2. The highest BCUT2D eigenvalue weighted by atomic mass is 16.4. The molecule has 1 aliphatic rings. The van der Waals surface area contributed by atoms with Crippen LogP contribution in [0.25, 0.3) is 11.0 Å². The van der Waals surface area contributed by atoms with Gasteiger partial charge in [0.1, 0.15) is 11.6 Å². The van der Waals surface area contributed by atoms with E-state index in [1.165, 1.54) is 6.07 Å². The van der Waals surface area contributed by atoms with Gasteiger partial charge in [-0.25, -0.2) is 4.79 Å². The third kappa shape index (κ3) is 3.18. The molecule has 0 unspecified atom stereocenters. The molecule has 0 bridgehead atoms. The van der Waals surface area contributed by atoms with E-state index in [0.29, 0.717) is 22.4 Å². The van der Waals surface area contributed by atoms with Crippen molar-refractivity contribution in [3.63, 3.8) is 0 Å². The average Bonchev–Trinajstić information content (AvgIpc) is 2.93. The fourth-order valence-corrected chi connectivity index (χ4v) is 3.80. The summed E-state index contributed by atoms with van der Waals surface area (Å²) in [5.41, 5.74) is 1.63. The maximum Gasteiger partial charge on any atom is 0.336 e. The fraction of sp³-hybridized carbons (Fsp3) is 0.217. The molecule has 0 saturated heterocycles. The number of nitrogens with one attached hydrogen (secondary N) is 1. The van der Waals surface area contributed by atoms with Crippen LogP contribution in [-0.4, -0.2) is 28.7 Å². The molecule has 1 aromatic heterocycles. The molecule has 3 amide bonds. The number of nitrogens with zero attached hydrogens (tertiary/aromatic N) is 1. The SMILES string of the molecule is Cc1cc(=O)oc2cc(NC(=O)[C@H](C(C)C)N3C(=O)c4ccccc4C3=O)ccc12. The van der Waals surface area contributed by atoms with Crippen LogP contribution in [0.15, 0.2) is 57.7 Å². The van der Waals surface area contributed by atoms with Crippen molar-refractivity contribution in [2.45, 2.75) is 26.8 Å². The van der Waals surface area contributed by atoms with Crippen LogP contribution >= 0.6 is 0 Å². The highest BCUT2D eigenvalue weighted by Gasteiger charge is 2.43. The first-order valence-corrected chi connectivity index (χ1v) is 9.60. The minimum absolute atomic E-state index is 0.295. The van der Waals surface area contributed by atoms with E-state index in [-0.39, 0.29) is 5.92 Å². The zero-order chi connectivity index (χ0) is 21.6. The van der Waals surface area contributed by atoms with Gasteiger partial charge in [-0.1, -0.05) is 26.0 Å². The zero-order valence-electron chi connectivity index (χ0n) is 16.8. The summed E-state index contributed by atoms with van der Waals surface area (Å²) >= 11 is 0. The van der Waals surface area contributed by atoms with Crippen LogP contribution in [-0.2, 0) is 4.79 Å². The van der Waals surface area contributed by atoms with Crippen LogP contribution in [0.5, 0.6) is 0 Å². The van der Waals surface area contributed by atoms with Crippen molar-refractivity contribution < 1.29 is 18.8 Å². The van der Waals surface area contributed by atoms with Gasteiger partial charge in [0.05, 0.1) is 11.1 Å². The van der Waals surface area contributed by atoms with E-state index in [0.717, 1.165) is 15.8 Å². The number of carbonyl (C=O) groups excluding carboxylic acids is 3. The quantitative estimate of drug-likeness (QED) is 0.531. The Labute approximate surface area is 172 Å². The standard InChI is InChI=1S/C23H20N2O5/c1-12(2)20(25-22(28)16-6-4-5-7-17(16)23(25)29)21(27)24-14-8-9-15-13(3)10-19(26)30-18(15)11-14/h4-12,20H,1-3H3,(H,24,27)/t20-/m0/s1. The van der Waals surface area contributed by atoms with Gasteiger partial charge in [0, 0.05) is 23.2 Å². The van der Waals surface area contributed by atoms with Crippen molar-refractivity contribution in [1.82, 2.24) is 4.90 Å². The summed E-state index contributed by atoms with van der Waals surface area (Å²) in [6, 6.07) is 11.9. The number of imide groups is 1. The first kappa shape index (κ1) is 19.6. The Balaban J connectivity index is 1.66. The molecule has 152 valence electrons. The van der Waals surface area contributed by atoms with Crippen molar-refractivity contribution in [3.05, 3.63) is 75.6 Å². The van der Waals surface area contributed by atoms with Gasteiger partial charge >= 0.3 is 5.63 Å². The molecule has 0 aliphatic carbocycles. The van der Waals surface area contributed by atoms with Crippen LogP contribution in [0.3, 0.4) is 0 Å². The lowest BCUT2D eigenvalue weighted by Crippen LogP contribution is -2.50. The maximum absolute atomic E-state index is 13.1. The van der Waals surface area contributed by atoms with Gasteiger partial charge in [0.25, 0.3) is 11.8 Å². The molecular formula is C23H20N2O5. The van der Waals surface area contributed by atoms with Crippen molar-refractivity contribution in [2.75, 3.05) is 5.32 Å². The number of aryl methyl sites for hydroxylation is 1. The van der Waals surface area contributed by atoms with E-state index < -0.39 is 29.4 Å². The van der Waals surface area contributed by atoms with Gasteiger partial charge in [-0.3, -0.25) is 19.3 Å². The molecule has 0 radical (unpaired) electrons. The average molecular weight is 404 g/mol. The number of hydrogen-bond donors (Lipinski definition) is 1. The maximum atomic E-state index is 13.1. The first-order chi connectivity index (χ1) is 14.3. The van der Waals surface area contributed by atoms with Crippen molar-refractivity contribution in [1.29, 1.82) is 0 Å². The van der Waals surface area contributed by atoms with E-state index >= 15 is 0 Å². The first-order valence-electron chi connectivity index (χ1n) is 9.60. The van der Waals surface area contributed by atoms with Gasteiger partial charge in [0.2, 0.25) is 5.91 Å². The molecule has 2 aromatic carbocycles. The summed E-state index contributed by atoms with van der Waals surface area (Å²) in [5, 5.41) is 3.51. The summed E-state index contributed by atoms with van der Waals surface area (Å²) in [5.74, 6) is -1.77. The number of benzene rings is 2. The number of rotatable bonds is 4.